The van der Waals surface area contributed by atoms with E-state index in [-0.39, 0.29) is 17.8 Å². The van der Waals surface area contributed by atoms with Gasteiger partial charge in [0.05, 0.1) is 4.90 Å². The van der Waals surface area contributed by atoms with E-state index < -0.39 is 10.0 Å². The minimum Gasteiger partial charge on any atom is -0.314 e. The van der Waals surface area contributed by atoms with Gasteiger partial charge in [0.15, 0.2) is 0 Å². The smallest absolute Gasteiger partial charge is 0.243 e. The molecule has 2 fully saturated rings. The number of halogens is 1. The van der Waals surface area contributed by atoms with Crippen molar-refractivity contribution in [3.8, 4) is 0 Å². The SMILES string of the molecule is CC(C)(C)c1ccc(S(=O)(=O)N2CCC(NCC3CC3)CC2)cc1.Cl. The van der Waals surface area contributed by atoms with Crippen molar-refractivity contribution in [3.63, 3.8) is 0 Å². The maximum Gasteiger partial charge on any atom is 0.243 e. The predicted molar refractivity (Wildman–Crippen MR) is 105 cm³/mol. The van der Waals surface area contributed by atoms with Crippen LogP contribution < -0.4 is 5.32 Å². The van der Waals surface area contributed by atoms with Crippen molar-refractivity contribution in [2.45, 2.75) is 62.8 Å². The number of hydrogen-bond donors (Lipinski definition) is 1. The zero-order valence-corrected chi connectivity index (χ0v) is 17.1. The highest BCUT2D eigenvalue weighted by Gasteiger charge is 2.30. The first-order chi connectivity index (χ1) is 11.3. The summed E-state index contributed by atoms with van der Waals surface area (Å²) in [6.07, 6.45) is 4.52. The molecule has 0 spiro atoms. The van der Waals surface area contributed by atoms with Crippen LogP contribution in [0.2, 0.25) is 0 Å². The van der Waals surface area contributed by atoms with E-state index in [1.807, 2.05) is 12.1 Å². The molecule has 0 radical (unpaired) electrons. The number of piperidine rings is 1. The Balaban J connectivity index is 0.00000225. The van der Waals surface area contributed by atoms with E-state index >= 15 is 0 Å². The van der Waals surface area contributed by atoms with Gasteiger partial charge in [0, 0.05) is 19.1 Å². The van der Waals surface area contributed by atoms with Crippen LogP contribution in [-0.4, -0.2) is 38.4 Å². The van der Waals surface area contributed by atoms with Crippen LogP contribution >= 0.6 is 12.4 Å². The third-order valence-electron chi connectivity index (χ3n) is 5.20. The lowest BCUT2D eigenvalue weighted by molar-refractivity contribution is 0.288. The van der Waals surface area contributed by atoms with Crippen molar-refractivity contribution in [2.75, 3.05) is 19.6 Å². The largest absolute Gasteiger partial charge is 0.314 e. The van der Waals surface area contributed by atoms with Crippen LogP contribution in [0.15, 0.2) is 29.2 Å². The lowest BCUT2D eigenvalue weighted by Gasteiger charge is -2.32. The maximum absolute atomic E-state index is 12.8. The van der Waals surface area contributed by atoms with Gasteiger partial charge in [0.25, 0.3) is 0 Å². The number of benzene rings is 1. The Morgan fingerprint density at radius 1 is 1.04 bits per heavy atom. The molecule has 2 aliphatic rings. The molecular weight excluding hydrogens is 356 g/mol. The second kappa shape index (κ2) is 7.95. The van der Waals surface area contributed by atoms with Gasteiger partial charge in [-0.15, -0.1) is 12.4 Å². The van der Waals surface area contributed by atoms with Gasteiger partial charge in [0.1, 0.15) is 0 Å². The third-order valence-corrected chi connectivity index (χ3v) is 7.12. The normalized spacial score (nSPS) is 20.3. The average Bonchev–Trinajstić information content (AvgIpc) is 3.37. The van der Waals surface area contributed by atoms with Gasteiger partial charge < -0.3 is 5.32 Å². The number of hydrogen-bond acceptors (Lipinski definition) is 3. The Bertz CT molecular complexity index is 656. The number of rotatable bonds is 5. The van der Waals surface area contributed by atoms with E-state index in [9.17, 15) is 8.42 Å². The fraction of sp³-hybridized carbons (Fsp3) is 0.684. The van der Waals surface area contributed by atoms with Gasteiger partial charge in [-0.2, -0.15) is 4.31 Å². The second-order valence-corrected chi connectivity index (χ2v) is 10.2. The maximum atomic E-state index is 12.8. The number of nitrogens with zero attached hydrogens (tertiary/aromatic N) is 1. The standard InChI is InChI=1S/C19H30N2O2S.ClH/c1-19(2,3)16-6-8-18(9-7-16)24(22,23)21-12-10-17(11-13-21)20-14-15-4-5-15;/h6-9,15,17,20H,4-5,10-14H2,1-3H3;1H. The molecule has 25 heavy (non-hydrogen) atoms. The summed E-state index contributed by atoms with van der Waals surface area (Å²) in [5, 5.41) is 3.60. The van der Waals surface area contributed by atoms with Gasteiger partial charge in [-0.3, -0.25) is 0 Å². The van der Waals surface area contributed by atoms with E-state index in [4.69, 9.17) is 0 Å². The Hall–Kier alpha value is -0.620. The average molecular weight is 387 g/mol. The topological polar surface area (TPSA) is 49.4 Å². The van der Waals surface area contributed by atoms with Crippen molar-refractivity contribution in [1.82, 2.24) is 9.62 Å². The zero-order valence-electron chi connectivity index (χ0n) is 15.5. The molecular formula is C19H31ClN2O2S. The van der Waals surface area contributed by atoms with E-state index in [2.05, 4.69) is 26.1 Å². The molecule has 0 unspecified atom stereocenters. The van der Waals surface area contributed by atoms with Crippen LogP contribution in [0.25, 0.3) is 0 Å². The van der Waals surface area contributed by atoms with Gasteiger partial charge in [-0.05, 0) is 61.3 Å². The summed E-state index contributed by atoms with van der Waals surface area (Å²) in [5.74, 6) is 0.869. The van der Waals surface area contributed by atoms with Crippen molar-refractivity contribution in [2.24, 2.45) is 5.92 Å². The fourth-order valence-electron chi connectivity index (χ4n) is 3.23. The molecule has 1 aliphatic carbocycles. The predicted octanol–water partition coefficient (Wildman–Crippen LogP) is 3.56. The first-order valence-electron chi connectivity index (χ1n) is 9.11. The summed E-state index contributed by atoms with van der Waals surface area (Å²) in [7, 11) is -3.36. The van der Waals surface area contributed by atoms with Gasteiger partial charge in [-0.1, -0.05) is 32.9 Å². The molecule has 4 nitrogen and oxygen atoms in total. The highest BCUT2D eigenvalue weighted by atomic mass is 35.5. The van der Waals surface area contributed by atoms with Crippen LogP contribution in [0.4, 0.5) is 0 Å². The lowest BCUT2D eigenvalue weighted by Crippen LogP contribution is -2.45. The molecule has 0 amide bonds. The van der Waals surface area contributed by atoms with Gasteiger partial charge in [-0.25, -0.2) is 8.42 Å². The van der Waals surface area contributed by atoms with Crippen LogP contribution in [0.5, 0.6) is 0 Å². The van der Waals surface area contributed by atoms with Gasteiger partial charge in [0.2, 0.25) is 10.0 Å². The van der Waals surface area contributed by atoms with E-state index in [1.165, 1.54) is 12.8 Å². The molecule has 1 heterocycles. The summed E-state index contributed by atoms with van der Waals surface area (Å²) in [4.78, 5) is 0.417. The van der Waals surface area contributed by atoms with Gasteiger partial charge >= 0.3 is 0 Å². The zero-order chi connectivity index (χ0) is 17.4. The van der Waals surface area contributed by atoms with E-state index in [0.717, 1.165) is 30.9 Å². The third kappa shape index (κ3) is 5.19. The highest BCUT2D eigenvalue weighted by Crippen LogP contribution is 2.29. The molecule has 0 bridgehead atoms. The second-order valence-electron chi connectivity index (χ2n) is 8.30. The Kier molecular flexibility index (Phi) is 6.58. The van der Waals surface area contributed by atoms with Crippen molar-refractivity contribution in [3.05, 3.63) is 29.8 Å². The minimum absolute atomic E-state index is 0. The first-order valence-corrected chi connectivity index (χ1v) is 10.5. The van der Waals surface area contributed by atoms with Crippen LogP contribution in [-0.2, 0) is 15.4 Å². The molecule has 3 rings (SSSR count). The molecule has 1 aliphatic heterocycles. The molecule has 1 N–H and O–H groups in total. The number of sulfonamides is 1. The van der Waals surface area contributed by atoms with Crippen molar-refractivity contribution < 1.29 is 8.42 Å². The molecule has 1 saturated heterocycles. The molecule has 1 aromatic carbocycles. The molecule has 0 atom stereocenters. The fourth-order valence-corrected chi connectivity index (χ4v) is 4.70. The summed E-state index contributed by atoms with van der Waals surface area (Å²) in [5.41, 5.74) is 1.19. The Labute approximate surface area is 158 Å². The van der Waals surface area contributed by atoms with E-state index in [1.54, 1.807) is 16.4 Å². The monoisotopic (exact) mass is 386 g/mol. The van der Waals surface area contributed by atoms with Crippen molar-refractivity contribution in [1.29, 1.82) is 0 Å². The molecule has 6 heteroatoms. The first kappa shape index (κ1) is 20.7. The summed E-state index contributed by atoms with van der Waals surface area (Å²) < 4.78 is 27.3. The van der Waals surface area contributed by atoms with Crippen LogP contribution in [0.3, 0.4) is 0 Å². The summed E-state index contributed by atoms with van der Waals surface area (Å²) in [6, 6.07) is 7.87. The van der Waals surface area contributed by atoms with Crippen molar-refractivity contribution >= 4 is 22.4 Å². The minimum atomic E-state index is -3.36. The molecule has 0 aromatic heterocycles. The molecule has 1 saturated carbocycles. The quantitative estimate of drug-likeness (QED) is 0.841. The summed E-state index contributed by atoms with van der Waals surface area (Å²) in [6.45, 7) is 8.74. The Morgan fingerprint density at radius 3 is 2.08 bits per heavy atom. The van der Waals surface area contributed by atoms with Crippen LogP contribution in [0, 0.1) is 5.92 Å². The lowest BCUT2D eigenvalue weighted by atomic mass is 9.87. The Morgan fingerprint density at radius 2 is 1.60 bits per heavy atom. The summed E-state index contributed by atoms with van der Waals surface area (Å²) >= 11 is 0. The molecule has 142 valence electrons. The highest BCUT2D eigenvalue weighted by molar-refractivity contribution is 7.89. The van der Waals surface area contributed by atoms with Crippen LogP contribution in [0.1, 0.15) is 52.0 Å². The molecule has 1 aromatic rings. The number of nitrogens with one attached hydrogen (secondary N) is 1. The van der Waals surface area contributed by atoms with E-state index in [0.29, 0.717) is 24.0 Å².